The van der Waals surface area contributed by atoms with Gasteiger partial charge < -0.3 is 10.6 Å². The first-order valence-corrected chi connectivity index (χ1v) is 3.64. The SMILES string of the molecule is CCC(CN)N([C]=O)CC. The Balaban J connectivity index is 3.81. The maximum absolute atomic E-state index is 10.2. The quantitative estimate of drug-likeness (QED) is 0.555. The van der Waals surface area contributed by atoms with Crippen molar-refractivity contribution in [1.82, 2.24) is 4.90 Å². The van der Waals surface area contributed by atoms with Crippen molar-refractivity contribution < 1.29 is 4.79 Å². The van der Waals surface area contributed by atoms with Crippen molar-refractivity contribution in [2.24, 2.45) is 5.73 Å². The van der Waals surface area contributed by atoms with E-state index in [9.17, 15) is 4.79 Å². The highest BCUT2D eigenvalue weighted by molar-refractivity contribution is 5.48. The Morgan fingerprint density at radius 1 is 1.60 bits per heavy atom. The van der Waals surface area contributed by atoms with Crippen LogP contribution in [0.3, 0.4) is 0 Å². The molecule has 1 radical (unpaired) electrons. The predicted octanol–water partition coefficient (Wildman–Crippen LogP) is 0.113. The third kappa shape index (κ3) is 2.35. The van der Waals surface area contributed by atoms with Crippen molar-refractivity contribution in [1.29, 1.82) is 0 Å². The van der Waals surface area contributed by atoms with Gasteiger partial charge in [-0.3, -0.25) is 4.79 Å². The minimum Gasteiger partial charge on any atom is -0.330 e. The van der Waals surface area contributed by atoms with E-state index in [1.54, 1.807) is 4.90 Å². The fourth-order valence-electron chi connectivity index (χ4n) is 0.912. The molecular weight excluding hydrogens is 128 g/mol. The average Bonchev–Trinajstić information content (AvgIpc) is 2.00. The summed E-state index contributed by atoms with van der Waals surface area (Å²) in [6.45, 7) is 5.15. The lowest BCUT2D eigenvalue weighted by atomic mass is 10.2. The molecule has 10 heavy (non-hydrogen) atoms. The van der Waals surface area contributed by atoms with Crippen LogP contribution in [0.1, 0.15) is 20.3 Å². The summed E-state index contributed by atoms with van der Waals surface area (Å²) in [6, 6.07) is 0.169. The van der Waals surface area contributed by atoms with E-state index >= 15 is 0 Å². The van der Waals surface area contributed by atoms with Crippen LogP contribution in [0.4, 0.5) is 0 Å². The van der Waals surface area contributed by atoms with Gasteiger partial charge >= 0.3 is 6.41 Å². The summed E-state index contributed by atoms with van der Waals surface area (Å²) in [5.41, 5.74) is 5.41. The Labute approximate surface area is 62.2 Å². The molecule has 0 aliphatic rings. The Hall–Kier alpha value is -0.570. The Bertz CT molecular complexity index is 91.6. The van der Waals surface area contributed by atoms with E-state index in [0.717, 1.165) is 6.42 Å². The molecule has 0 aromatic rings. The number of nitrogens with zero attached hydrogens (tertiary/aromatic N) is 1. The number of amides is 1. The molecule has 1 amide bonds. The molecule has 0 aliphatic carbocycles. The molecular formula is C7H15N2O. The normalized spacial score (nSPS) is 12.7. The number of hydrogen-bond donors (Lipinski definition) is 1. The van der Waals surface area contributed by atoms with E-state index in [1.807, 2.05) is 20.3 Å². The molecule has 0 aromatic carbocycles. The molecule has 0 spiro atoms. The van der Waals surface area contributed by atoms with Crippen LogP contribution in [0.25, 0.3) is 0 Å². The largest absolute Gasteiger partial charge is 0.330 e. The van der Waals surface area contributed by atoms with Crippen molar-refractivity contribution in [2.75, 3.05) is 13.1 Å². The lowest BCUT2D eigenvalue weighted by Gasteiger charge is -2.23. The summed E-state index contributed by atoms with van der Waals surface area (Å²) >= 11 is 0. The van der Waals surface area contributed by atoms with Gasteiger partial charge in [-0.1, -0.05) is 6.92 Å². The van der Waals surface area contributed by atoms with Crippen molar-refractivity contribution in [3.63, 3.8) is 0 Å². The molecule has 1 unspecified atom stereocenters. The number of nitrogens with two attached hydrogens (primary N) is 1. The van der Waals surface area contributed by atoms with Crippen LogP contribution < -0.4 is 5.73 Å². The van der Waals surface area contributed by atoms with Gasteiger partial charge in [0, 0.05) is 19.1 Å². The standard InChI is InChI=1S/C7H15N2O/c1-3-7(5-8)9(4-2)6-10/h7H,3-5,8H2,1-2H3. The fraction of sp³-hybridized carbons (Fsp3) is 0.857. The zero-order chi connectivity index (χ0) is 7.98. The van der Waals surface area contributed by atoms with E-state index in [1.165, 1.54) is 0 Å². The van der Waals surface area contributed by atoms with Gasteiger partial charge in [-0.15, -0.1) is 0 Å². The smallest absolute Gasteiger partial charge is 0.312 e. The van der Waals surface area contributed by atoms with E-state index in [0.29, 0.717) is 13.1 Å². The van der Waals surface area contributed by atoms with Crippen molar-refractivity contribution in [2.45, 2.75) is 26.3 Å². The van der Waals surface area contributed by atoms with Crippen LogP contribution in [0.5, 0.6) is 0 Å². The molecule has 0 bridgehead atoms. The molecule has 59 valence electrons. The van der Waals surface area contributed by atoms with Gasteiger partial charge in [-0.25, -0.2) is 0 Å². The second-order valence-corrected chi connectivity index (χ2v) is 2.18. The topological polar surface area (TPSA) is 46.3 Å². The van der Waals surface area contributed by atoms with E-state index in [2.05, 4.69) is 0 Å². The monoisotopic (exact) mass is 143 g/mol. The highest BCUT2D eigenvalue weighted by Crippen LogP contribution is 1.98. The molecule has 0 rings (SSSR count). The summed E-state index contributed by atoms with van der Waals surface area (Å²) < 4.78 is 0. The molecule has 0 saturated heterocycles. The van der Waals surface area contributed by atoms with E-state index in [-0.39, 0.29) is 6.04 Å². The maximum Gasteiger partial charge on any atom is 0.312 e. The minimum absolute atomic E-state index is 0.169. The summed E-state index contributed by atoms with van der Waals surface area (Å²) in [7, 11) is 0. The summed E-state index contributed by atoms with van der Waals surface area (Å²) in [5, 5.41) is 0. The molecule has 3 heteroatoms. The lowest BCUT2D eigenvalue weighted by Crippen LogP contribution is -2.38. The third-order valence-corrected chi connectivity index (χ3v) is 1.64. The van der Waals surface area contributed by atoms with Gasteiger partial charge in [0.15, 0.2) is 0 Å². The lowest BCUT2D eigenvalue weighted by molar-refractivity contribution is 0.302. The minimum atomic E-state index is 0.169. The molecule has 3 nitrogen and oxygen atoms in total. The summed E-state index contributed by atoms with van der Waals surface area (Å²) in [4.78, 5) is 11.8. The number of rotatable bonds is 5. The Kier molecular flexibility index (Phi) is 4.94. The van der Waals surface area contributed by atoms with Crippen LogP contribution >= 0.6 is 0 Å². The van der Waals surface area contributed by atoms with Gasteiger partial charge in [0.25, 0.3) is 0 Å². The molecule has 0 heterocycles. The molecule has 1 atom stereocenters. The molecule has 0 saturated carbocycles. The third-order valence-electron chi connectivity index (χ3n) is 1.64. The van der Waals surface area contributed by atoms with Gasteiger partial charge in [0.1, 0.15) is 0 Å². The van der Waals surface area contributed by atoms with Crippen molar-refractivity contribution in [3.05, 3.63) is 0 Å². The van der Waals surface area contributed by atoms with Crippen molar-refractivity contribution >= 4 is 6.41 Å². The second kappa shape index (κ2) is 5.23. The average molecular weight is 143 g/mol. The van der Waals surface area contributed by atoms with E-state index < -0.39 is 0 Å². The summed E-state index contributed by atoms with van der Waals surface area (Å²) in [5.74, 6) is 0. The zero-order valence-corrected chi connectivity index (χ0v) is 6.63. The van der Waals surface area contributed by atoms with Crippen LogP contribution in [0.2, 0.25) is 0 Å². The Morgan fingerprint density at radius 3 is 2.30 bits per heavy atom. The molecule has 0 aromatic heterocycles. The van der Waals surface area contributed by atoms with Gasteiger partial charge in [-0.05, 0) is 13.3 Å². The number of likely N-dealkylation sites (N-methyl/N-ethyl adjacent to an activating group) is 1. The maximum atomic E-state index is 10.2. The Morgan fingerprint density at radius 2 is 2.20 bits per heavy atom. The second-order valence-electron chi connectivity index (χ2n) is 2.18. The first-order chi connectivity index (χ1) is 4.79. The van der Waals surface area contributed by atoms with Crippen LogP contribution in [0.15, 0.2) is 0 Å². The van der Waals surface area contributed by atoms with E-state index in [4.69, 9.17) is 5.73 Å². The highest BCUT2D eigenvalue weighted by atomic mass is 16.1. The van der Waals surface area contributed by atoms with Crippen LogP contribution in [-0.4, -0.2) is 30.4 Å². The van der Waals surface area contributed by atoms with Crippen molar-refractivity contribution in [3.8, 4) is 0 Å². The number of hydrogen-bond acceptors (Lipinski definition) is 2. The van der Waals surface area contributed by atoms with Gasteiger partial charge in [0.05, 0.1) is 0 Å². The zero-order valence-electron chi connectivity index (χ0n) is 6.63. The van der Waals surface area contributed by atoms with Crippen LogP contribution in [0, 0.1) is 0 Å². The predicted molar refractivity (Wildman–Crippen MR) is 41.2 cm³/mol. The summed E-state index contributed by atoms with van der Waals surface area (Å²) in [6.07, 6.45) is 2.76. The van der Waals surface area contributed by atoms with Gasteiger partial charge in [-0.2, -0.15) is 0 Å². The molecule has 0 fully saturated rings. The van der Waals surface area contributed by atoms with Crippen LogP contribution in [-0.2, 0) is 4.79 Å². The molecule has 0 aliphatic heterocycles. The highest BCUT2D eigenvalue weighted by Gasteiger charge is 2.10. The first kappa shape index (κ1) is 9.43. The first-order valence-electron chi connectivity index (χ1n) is 3.64. The van der Waals surface area contributed by atoms with Gasteiger partial charge in [0.2, 0.25) is 0 Å². The fourth-order valence-corrected chi connectivity index (χ4v) is 0.912. The number of carbonyl (C=O) groups excluding carboxylic acids is 1. The molecule has 2 N–H and O–H groups in total.